The summed E-state index contributed by atoms with van der Waals surface area (Å²) in [6.45, 7) is 2.24. The first-order valence-electron chi connectivity index (χ1n) is 10.7. The molecule has 0 unspecified atom stereocenters. The summed E-state index contributed by atoms with van der Waals surface area (Å²) in [6.07, 6.45) is 1.50. The van der Waals surface area contributed by atoms with E-state index < -0.39 is 11.9 Å². The molecule has 36 heavy (non-hydrogen) atoms. The predicted octanol–water partition coefficient (Wildman–Crippen LogP) is 6.07. The van der Waals surface area contributed by atoms with Gasteiger partial charge in [0.1, 0.15) is 24.0 Å². The Morgan fingerprint density at radius 1 is 1.03 bits per heavy atom. The number of benzene rings is 3. The van der Waals surface area contributed by atoms with Gasteiger partial charge in [-0.25, -0.2) is 4.79 Å². The standard InChI is InChI=1S/C27H19I2N3O4/c1-2-35-27(34)18-7-9-22(10-8-18)32-26(33)21(15-31)11-17-12-23(28)25(24(29)13-17)36-16-20-6-4-3-5-19(20)14-30/h3-13H,2,16H2,1H3,(H,32,33)/b21-11+. The van der Waals surface area contributed by atoms with Crippen LogP contribution in [0, 0.1) is 29.8 Å². The van der Waals surface area contributed by atoms with Gasteiger partial charge in [0.05, 0.1) is 30.9 Å². The molecule has 7 nitrogen and oxygen atoms in total. The molecule has 0 radical (unpaired) electrons. The first-order valence-corrected chi connectivity index (χ1v) is 12.8. The van der Waals surface area contributed by atoms with E-state index in [4.69, 9.17) is 9.47 Å². The van der Waals surface area contributed by atoms with Crippen molar-refractivity contribution in [2.75, 3.05) is 11.9 Å². The molecular formula is C27H19I2N3O4. The van der Waals surface area contributed by atoms with Crippen molar-refractivity contribution in [1.29, 1.82) is 10.5 Å². The average Bonchev–Trinajstić information content (AvgIpc) is 2.87. The molecule has 0 spiro atoms. The number of amides is 1. The van der Waals surface area contributed by atoms with E-state index in [0.717, 1.165) is 12.7 Å². The van der Waals surface area contributed by atoms with E-state index in [1.807, 2.05) is 30.3 Å². The second-order valence-corrected chi connectivity index (χ2v) is 9.62. The minimum atomic E-state index is -0.570. The second kappa shape index (κ2) is 13.0. The third-order valence-corrected chi connectivity index (χ3v) is 6.46. The van der Waals surface area contributed by atoms with Gasteiger partial charge in [-0.05, 0) is 106 Å². The van der Waals surface area contributed by atoms with E-state index in [-0.39, 0.29) is 18.8 Å². The first kappa shape index (κ1) is 27.2. The summed E-state index contributed by atoms with van der Waals surface area (Å²) in [6, 6.07) is 21.2. The van der Waals surface area contributed by atoms with Crippen molar-refractivity contribution >= 4 is 68.8 Å². The number of ether oxygens (including phenoxy) is 2. The van der Waals surface area contributed by atoms with Gasteiger partial charge in [-0.3, -0.25) is 4.79 Å². The number of nitriles is 2. The summed E-state index contributed by atoms with van der Waals surface area (Å²) in [4.78, 5) is 24.4. The van der Waals surface area contributed by atoms with Crippen LogP contribution in [0.15, 0.2) is 66.2 Å². The number of nitrogens with one attached hydrogen (secondary N) is 1. The molecule has 0 aliphatic rings. The molecule has 180 valence electrons. The van der Waals surface area contributed by atoms with Crippen LogP contribution in [0.25, 0.3) is 6.08 Å². The van der Waals surface area contributed by atoms with E-state index in [1.54, 1.807) is 43.3 Å². The molecule has 0 heterocycles. The minimum Gasteiger partial charge on any atom is -0.487 e. The Balaban J connectivity index is 1.74. The molecule has 1 N–H and O–H groups in total. The Morgan fingerprint density at radius 3 is 2.31 bits per heavy atom. The maximum atomic E-state index is 12.7. The average molecular weight is 703 g/mol. The van der Waals surface area contributed by atoms with Crippen LogP contribution in [0.1, 0.15) is 34.0 Å². The van der Waals surface area contributed by atoms with Crippen LogP contribution in [-0.2, 0) is 16.1 Å². The lowest BCUT2D eigenvalue weighted by Crippen LogP contribution is -2.13. The number of rotatable bonds is 8. The van der Waals surface area contributed by atoms with Gasteiger partial charge in [0.15, 0.2) is 0 Å². The van der Waals surface area contributed by atoms with E-state index in [0.29, 0.717) is 28.1 Å². The second-order valence-electron chi connectivity index (χ2n) is 7.29. The highest BCUT2D eigenvalue weighted by Crippen LogP contribution is 2.31. The molecule has 0 saturated carbocycles. The molecule has 0 aliphatic carbocycles. The van der Waals surface area contributed by atoms with Crippen LogP contribution in [0.3, 0.4) is 0 Å². The summed E-state index contributed by atoms with van der Waals surface area (Å²) in [5, 5.41) is 21.5. The molecule has 0 bridgehead atoms. The van der Waals surface area contributed by atoms with E-state index in [1.165, 1.54) is 6.08 Å². The topological polar surface area (TPSA) is 112 Å². The van der Waals surface area contributed by atoms with Crippen LogP contribution < -0.4 is 10.1 Å². The minimum absolute atomic E-state index is 0.0762. The van der Waals surface area contributed by atoms with Gasteiger partial charge >= 0.3 is 5.97 Å². The molecule has 3 aromatic rings. The molecule has 3 aromatic carbocycles. The lowest BCUT2D eigenvalue weighted by Gasteiger charge is -2.12. The van der Waals surface area contributed by atoms with Crippen molar-refractivity contribution in [1.82, 2.24) is 0 Å². The van der Waals surface area contributed by atoms with Gasteiger partial charge in [-0.15, -0.1) is 0 Å². The van der Waals surface area contributed by atoms with Gasteiger partial charge in [0.2, 0.25) is 0 Å². The smallest absolute Gasteiger partial charge is 0.338 e. The summed E-state index contributed by atoms with van der Waals surface area (Å²) >= 11 is 4.27. The van der Waals surface area contributed by atoms with E-state index in [2.05, 4.69) is 56.6 Å². The maximum Gasteiger partial charge on any atom is 0.338 e. The molecule has 9 heteroatoms. The maximum absolute atomic E-state index is 12.7. The Hall–Kier alpha value is -3.42. The molecule has 0 aliphatic heterocycles. The van der Waals surface area contributed by atoms with Crippen molar-refractivity contribution in [3.05, 3.63) is 95.6 Å². The fourth-order valence-corrected chi connectivity index (χ4v) is 5.25. The highest BCUT2D eigenvalue weighted by atomic mass is 127. The fraction of sp³-hybridized carbons (Fsp3) is 0.111. The molecule has 0 atom stereocenters. The Labute approximate surface area is 236 Å². The molecular weight excluding hydrogens is 684 g/mol. The summed E-state index contributed by atoms with van der Waals surface area (Å²) in [5.74, 6) is -0.357. The van der Waals surface area contributed by atoms with E-state index in [9.17, 15) is 20.1 Å². The molecule has 3 rings (SSSR count). The number of hydrogen-bond donors (Lipinski definition) is 1. The summed E-state index contributed by atoms with van der Waals surface area (Å²) in [5.41, 5.74) is 2.75. The number of carbonyl (C=O) groups is 2. The lowest BCUT2D eigenvalue weighted by molar-refractivity contribution is -0.112. The van der Waals surface area contributed by atoms with Crippen molar-refractivity contribution in [2.24, 2.45) is 0 Å². The number of carbonyl (C=O) groups excluding carboxylic acids is 2. The number of esters is 1. The van der Waals surface area contributed by atoms with Crippen LogP contribution in [0.2, 0.25) is 0 Å². The van der Waals surface area contributed by atoms with Crippen LogP contribution >= 0.6 is 45.2 Å². The molecule has 0 saturated heterocycles. The zero-order valence-electron chi connectivity index (χ0n) is 19.0. The summed E-state index contributed by atoms with van der Waals surface area (Å²) in [7, 11) is 0. The number of nitrogens with zero attached hydrogens (tertiary/aromatic N) is 2. The quantitative estimate of drug-likeness (QED) is 0.132. The Morgan fingerprint density at radius 2 is 1.69 bits per heavy atom. The molecule has 0 fully saturated rings. The van der Waals surface area contributed by atoms with Gasteiger partial charge in [0.25, 0.3) is 5.91 Å². The first-order chi connectivity index (χ1) is 17.4. The fourth-order valence-electron chi connectivity index (χ4n) is 3.12. The number of anilines is 1. The lowest BCUT2D eigenvalue weighted by atomic mass is 10.1. The van der Waals surface area contributed by atoms with Gasteiger partial charge < -0.3 is 14.8 Å². The SMILES string of the molecule is CCOC(=O)c1ccc(NC(=O)/C(C#N)=C/c2cc(I)c(OCc3ccccc3C#N)c(I)c2)cc1. The highest BCUT2D eigenvalue weighted by molar-refractivity contribution is 14.1. The van der Waals surface area contributed by atoms with Crippen LogP contribution in [0.4, 0.5) is 5.69 Å². The Kier molecular flexibility index (Phi) is 9.85. The number of halogens is 2. The third-order valence-electron chi connectivity index (χ3n) is 4.86. The Bertz CT molecular complexity index is 1380. The van der Waals surface area contributed by atoms with Gasteiger partial charge in [-0.1, -0.05) is 18.2 Å². The normalized spacial score (nSPS) is 10.6. The van der Waals surface area contributed by atoms with Crippen LogP contribution in [0.5, 0.6) is 5.75 Å². The van der Waals surface area contributed by atoms with Crippen molar-refractivity contribution < 1.29 is 19.1 Å². The highest BCUT2D eigenvalue weighted by Gasteiger charge is 2.14. The van der Waals surface area contributed by atoms with Crippen molar-refractivity contribution in [3.63, 3.8) is 0 Å². The number of hydrogen-bond acceptors (Lipinski definition) is 6. The molecule has 1 amide bonds. The van der Waals surface area contributed by atoms with Crippen LogP contribution in [-0.4, -0.2) is 18.5 Å². The summed E-state index contributed by atoms with van der Waals surface area (Å²) < 4.78 is 12.5. The largest absolute Gasteiger partial charge is 0.487 e. The zero-order valence-corrected chi connectivity index (χ0v) is 23.4. The van der Waals surface area contributed by atoms with Gasteiger partial charge in [-0.2, -0.15) is 10.5 Å². The zero-order chi connectivity index (χ0) is 26.1. The van der Waals surface area contributed by atoms with E-state index >= 15 is 0 Å². The third kappa shape index (κ3) is 7.06. The molecule has 0 aromatic heterocycles. The van der Waals surface area contributed by atoms with Gasteiger partial charge in [0, 0.05) is 11.3 Å². The monoisotopic (exact) mass is 703 g/mol. The van der Waals surface area contributed by atoms with Crippen molar-refractivity contribution in [2.45, 2.75) is 13.5 Å². The predicted molar refractivity (Wildman–Crippen MR) is 152 cm³/mol. The van der Waals surface area contributed by atoms with Crippen molar-refractivity contribution in [3.8, 4) is 17.9 Å².